The molecular formula is C29H40O3Si. The van der Waals surface area contributed by atoms with E-state index < -0.39 is 13.5 Å². The Labute approximate surface area is 201 Å². The van der Waals surface area contributed by atoms with Crippen molar-refractivity contribution in [3.8, 4) is 11.5 Å². The largest absolute Gasteiger partial charge is 0.497 e. The molecule has 0 heterocycles. The zero-order chi connectivity index (χ0) is 23.9. The summed E-state index contributed by atoms with van der Waals surface area (Å²) in [6, 6.07) is 20.1. The van der Waals surface area contributed by atoms with Crippen LogP contribution < -0.4 is 9.47 Å². The van der Waals surface area contributed by atoms with Crippen LogP contribution in [0.3, 0.4) is 0 Å². The number of ketones is 1. The topological polar surface area (TPSA) is 35.5 Å². The van der Waals surface area contributed by atoms with Crippen LogP contribution in [0.1, 0.15) is 44.7 Å². The van der Waals surface area contributed by atoms with Crippen LogP contribution in [0.4, 0.5) is 0 Å². The molecule has 0 aromatic heterocycles. The molecule has 4 heteroatoms. The number of carbonyl (C=O) groups is 1. The average Bonchev–Trinajstić information content (AvgIpc) is 3.16. The summed E-state index contributed by atoms with van der Waals surface area (Å²) in [6.45, 7) is 6.97. The lowest BCUT2D eigenvalue weighted by Gasteiger charge is -2.29. The Hall–Kier alpha value is -2.33. The highest BCUT2D eigenvalue weighted by atomic mass is 28.3. The Morgan fingerprint density at radius 3 is 1.88 bits per heavy atom. The van der Waals surface area contributed by atoms with Crippen molar-refractivity contribution in [1.82, 2.24) is 0 Å². The minimum Gasteiger partial charge on any atom is -0.497 e. The highest BCUT2D eigenvalue weighted by Gasteiger charge is 2.46. The number of hydrogen-bond donors (Lipinski definition) is 0. The maximum atomic E-state index is 14.0. The summed E-state index contributed by atoms with van der Waals surface area (Å²) < 4.78 is 10.6. The molecule has 33 heavy (non-hydrogen) atoms. The molecule has 0 aliphatic heterocycles. The van der Waals surface area contributed by atoms with Crippen LogP contribution in [0, 0.1) is 11.3 Å². The predicted molar refractivity (Wildman–Crippen MR) is 140 cm³/mol. The number of allylic oxidation sites excluding steroid dienone is 1. The molecule has 0 radical (unpaired) electrons. The molecule has 1 fully saturated rings. The monoisotopic (exact) mass is 464 g/mol. The van der Waals surface area contributed by atoms with E-state index in [0.717, 1.165) is 37.2 Å². The van der Waals surface area contributed by atoms with E-state index in [2.05, 4.69) is 56.8 Å². The van der Waals surface area contributed by atoms with Gasteiger partial charge in [0.1, 0.15) is 17.3 Å². The third kappa shape index (κ3) is 5.78. The lowest BCUT2D eigenvalue weighted by atomic mass is 9.78. The van der Waals surface area contributed by atoms with E-state index >= 15 is 0 Å². The lowest BCUT2D eigenvalue weighted by Crippen LogP contribution is -2.33. The van der Waals surface area contributed by atoms with Crippen molar-refractivity contribution in [3.05, 3.63) is 71.4 Å². The SMILES string of the molecule is CC[Si](/C=C/[C@@]1(Cc2ccc(OC)cc2)CC[C@@H](Cc2ccc(OC)cc2)C1=O)(CC)CC. The van der Waals surface area contributed by atoms with Gasteiger partial charge in [0.2, 0.25) is 0 Å². The first-order valence-electron chi connectivity index (χ1n) is 12.4. The first kappa shape index (κ1) is 25.3. The molecule has 0 spiro atoms. The molecule has 178 valence electrons. The number of Topliss-reactive ketones (excluding diaryl/α,β-unsaturated/α-hetero) is 1. The maximum absolute atomic E-state index is 14.0. The van der Waals surface area contributed by atoms with E-state index in [-0.39, 0.29) is 5.92 Å². The van der Waals surface area contributed by atoms with Gasteiger partial charge in [0, 0.05) is 5.92 Å². The van der Waals surface area contributed by atoms with Gasteiger partial charge < -0.3 is 9.47 Å². The van der Waals surface area contributed by atoms with Gasteiger partial charge in [0.25, 0.3) is 0 Å². The molecule has 0 unspecified atom stereocenters. The molecule has 3 nitrogen and oxygen atoms in total. The van der Waals surface area contributed by atoms with Gasteiger partial charge in [-0.15, -0.1) is 0 Å². The summed E-state index contributed by atoms with van der Waals surface area (Å²) in [7, 11) is 1.90. The molecule has 2 aromatic carbocycles. The molecule has 1 aliphatic rings. The number of carbonyl (C=O) groups excluding carboxylic acids is 1. The fourth-order valence-corrected chi connectivity index (χ4v) is 8.16. The summed E-state index contributed by atoms with van der Waals surface area (Å²) in [5, 5.41) is 0. The summed E-state index contributed by atoms with van der Waals surface area (Å²) >= 11 is 0. The molecule has 0 amide bonds. The van der Waals surface area contributed by atoms with Gasteiger partial charge >= 0.3 is 0 Å². The summed E-state index contributed by atoms with van der Waals surface area (Å²) in [5.74, 6) is 2.19. The lowest BCUT2D eigenvalue weighted by molar-refractivity contribution is -0.126. The Balaban J connectivity index is 1.89. The summed E-state index contributed by atoms with van der Waals surface area (Å²) in [4.78, 5) is 14.0. The number of benzene rings is 2. The summed E-state index contributed by atoms with van der Waals surface area (Å²) in [5.41, 5.74) is 4.53. The number of rotatable bonds is 11. The van der Waals surface area contributed by atoms with Crippen LogP contribution in [0.25, 0.3) is 0 Å². The Morgan fingerprint density at radius 1 is 0.879 bits per heavy atom. The molecule has 1 saturated carbocycles. The van der Waals surface area contributed by atoms with Gasteiger partial charge in [-0.3, -0.25) is 4.79 Å². The van der Waals surface area contributed by atoms with E-state index in [1.165, 1.54) is 29.3 Å². The predicted octanol–water partition coefficient (Wildman–Crippen LogP) is 7.06. The van der Waals surface area contributed by atoms with Gasteiger partial charge in [-0.1, -0.05) is 74.9 Å². The van der Waals surface area contributed by atoms with Crippen molar-refractivity contribution in [1.29, 1.82) is 0 Å². The van der Waals surface area contributed by atoms with Gasteiger partial charge in [-0.25, -0.2) is 0 Å². The average molecular weight is 465 g/mol. The van der Waals surface area contributed by atoms with Crippen LogP contribution in [-0.4, -0.2) is 28.1 Å². The number of ether oxygens (including phenoxy) is 2. The quantitative estimate of drug-likeness (QED) is 0.334. The minimum atomic E-state index is -1.47. The standard InChI is InChI=1S/C29H40O3Si/c1-6-33(7-2,8-3)20-19-29(22-24-11-15-27(32-5)16-12-24)18-17-25(28(29)30)21-23-9-13-26(31-4)14-10-23/h9-16,19-20,25H,6-8,17-18,21-22H2,1-5H3/b20-19+/t25-,29+/m0/s1. The number of methoxy groups -OCH3 is 2. The van der Waals surface area contributed by atoms with Gasteiger partial charge in [-0.05, 0) is 61.1 Å². The van der Waals surface area contributed by atoms with Crippen molar-refractivity contribution in [3.63, 3.8) is 0 Å². The first-order valence-corrected chi connectivity index (χ1v) is 15.1. The second-order valence-corrected chi connectivity index (χ2v) is 14.8. The Bertz CT molecular complexity index is 920. The van der Waals surface area contributed by atoms with Crippen molar-refractivity contribution in [2.24, 2.45) is 11.3 Å². The normalized spacial score (nSPS) is 21.0. The van der Waals surface area contributed by atoms with Gasteiger partial charge in [-0.2, -0.15) is 0 Å². The van der Waals surface area contributed by atoms with Crippen LogP contribution in [0.5, 0.6) is 11.5 Å². The maximum Gasteiger partial charge on any atom is 0.146 e. The van der Waals surface area contributed by atoms with Crippen molar-refractivity contribution >= 4 is 13.9 Å². The van der Waals surface area contributed by atoms with Crippen LogP contribution >= 0.6 is 0 Å². The fourth-order valence-electron chi connectivity index (χ4n) is 5.28. The zero-order valence-corrected chi connectivity index (χ0v) is 22.0. The second kappa shape index (κ2) is 11.2. The molecule has 0 saturated heterocycles. The molecule has 2 atom stereocenters. The molecular weight excluding hydrogens is 424 g/mol. The highest BCUT2D eigenvalue weighted by molar-refractivity contribution is 6.84. The smallest absolute Gasteiger partial charge is 0.146 e. The van der Waals surface area contributed by atoms with Gasteiger partial charge in [0.05, 0.1) is 27.7 Å². The summed E-state index contributed by atoms with van der Waals surface area (Å²) in [6.07, 6.45) is 5.81. The second-order valence-electron chi connectivity index (χ2n) is 9.59. The van der Waals surface area contributed by atoms with Crippen molar-refractivity contribution in [2.75, 3.05) is 14.2 Å². The first-order chi connectivity index (χ1) is 15.9. The highest BCUT2D eigenvalue weighted by Crippen LogP contribution is 2.44. The van der Waals surface area contributed by atoms with E-state index in [0.29, 0.717) is 5.78 Å². The minimum absolute atomic E-state index is 0.0715. The molecule has 1 aliphatic carbocycles. The molecule has 0 N–H and O–H groups in total. The van der Waals surface area contributed by atoms with E-state index in [4.69, 9.17) is 9.47 Å². The molecule has 2 aromatic rings. The van der Waals surface area contributed by atoms with Crippen LogP contribution in [0.2, 0.25) is 18.1 Å². The van der Waals surface area contributed by atoms with Crippen LogP contribution in [0.15, 0.2) is 60.3 Å². The third-order valence-electron chi connectivity index (χ3n) is 7.99. The number of hydrogen-bond acceptors (Lipinski definition) is 3. The van der Waals surface area contributed by atoms with Gasteiger partial charge in [0.15, 0.2) is 0 Å². The van der Waals surface area contributed by atoms with Crippen molar-refractivity contribution in [2.45, 2.75) is 64.6 Å². The molecule has 0 bridgehead atoms. The Morgan fingerprint density at radius 2 is 1.39 bits per heavy atom. The zero-order valence-electron chi connectivity index (χ0n) is 21.0. The van der Waals surface area contributed by atoms with Crippen molar-refractivity contribution < 1.29 is 14.3 Å². The Kier molecular flexibility index (Phi) is 8.58. The molecule has 3 rings (SSSR count). The van der Waals surface area contributed by atoms with Crippen LogP contribution in [-0.2, 0) is 17.6 Å². The third-order valence-corrected chi connectivity index (χ3v) is 13.1. The van der Waals surface area contributed by atoms with E-state index in [1.54, 1.807) is 14.2 Å². The van der Waals surface area contributed by atoms with E-state index in [9.17, 15) is 4.79 Å². The fraction of sp³-hybridized carbons (Fsp3) is 0.483. The van der Waals surface area contributed by atoms with E-state index in [1.807, 2.05) is 24.3 Å².